The maximum absolute atomic E-state index is 12.7. The van der Waals surface area contributed by atoms with E-state index in [4.69, 9.17) is 4.74 Å². The molecule has 0 bridgehead atoms. The second-order valence-corrected chi connectivity index (χ2v) is 7.18. The molecule has 132 valence electrons. The molecule has 6 heteroatoms. The first-order chi connectivity index (χ1) is 12.1. The van der Waals surface area contributed by atoms with Gasteiger partial charge in [0.2, 0.25) is 5.91 Å². The number of carbonyl (C=O) groups excluding carboxylic acids is 1. The molecule has 1 aliphatic rings. The average Bonchev–Trinajstić information content (AvgIpc) is 3.09. The summed E-state index contributed by atoms with van der Waals surface area (Å²) < 4.78 is 5.22. The van der Waals surface area contributed by atoms with Crippen LogP contribution in [0, 0.1) is 13.8 Å². The summed E-state index contributed by atoms with van der Waals surface area (Å²) in [6.45, 7) is 4.70. The number of aryl methyl sites for hydroxylation is 2. The van der Waals surface area contributed by atoms with Crippen molar-refractivity contribution in [1.29, 1.82) is 0 Å². The molecule has 5 nitrogen and oxygen atoms in total. The molecule has 1 aliphatic heterocycles. The number of amides is 1. The molecule has 1 saturated heterocycles. The number of ether oxygens (including phenoxy) is 1. The van der Waals surface area contributed by atoms with Gasteiger partial charge in [-0.25, -0.2) is 9.97 Å². The highest BCUT2D eigenvalue weighted by Crippen LogP contribution is 2.33. The summed E-state index contributed by atoms with van der Waals surface area (Å²) in [5.74, 6) is 1.35. The molecule has 2 heterocycles. The van der Waals surface area contributed by atoms with Crippen molar-refractivity contribution in [2.45, 2.75) is 37.9 Å². The van der Waals surface area contributed by atoms with Gasteiger partial charge in [0.25, 0.3) is 0 Å². The Balaban J connectivity index is 1.65. The molecule has 0 saturated carbocycles. The molecule has 1 atom stereocenters. The van der Waals surface area contributed by atoms with Crippen LogP contribution >= 0.6 is 11.8 Å². The summed E-state index contributed by atoms with van der Waals surface area (Å²) in [5.41, 5.74) is 3.03. The first-order valence-electron chi connectivity index (χ1n) is 8.45. The van der Waals surface area contributed by atoms with Crippen molar-refractivity contribution in [3.05, 3.63) is 47.3 Å². The third kappa shape index (κ3) is 4.31. The molecule has 25 heavy (non-hydrogen) atoms. The predicted molar refractivity (Wildman–Crippen MR) is 98.9 cm³/mol. The van der Waals surface area contributed by atoms with Crippen molar-refractivity contribution >= 4 is 17.7 Å². The molecule has 1 unspecified atom stereocenters. The normalized spacial score (nSPS) is 16.9. The van der Waals surface area contributed by atoms with Crippen LogP contribution in [0.15, 0.2) is 35.5 Å². The van der Waals surface area contributed by atoms with Crippen molar-refractivity contribution in [3.63, 3.8) is 0 Å². The van der Waals surface area contributed by atoms with Gasteiger partial charge in [0.05, 0.1) is 18.9 Å². The van der Waals surface area contributed by atoms with E-state index >= 15 is 0 Å². The second kappa shape index (κ2) is 7.87. The average molecular weight is 357 g/mol. The van der Waals surface area contributed by atoms with E-state index in [0.29, 0.717) is 10.9 Å². The second-order valence-electron chi connectivity index (χ2n) is 6.24. The van der Waals surface area contributed by atoms with Gasteiger partial charge >= 0.3 is 0 Å². The molecule has 0 aliphatic carbocycles. The van der Waals surface area contributed by atoms with Crippen molar-refractivity contribution < 1.29 is 9.53 Å². The summed E-state index contributed by atoms with van der Waals surface area (Å²) >= 11 is 1.41. The summed E-state index contributed by atoms with van der Waals surface area (Å²) in [4.78, 5) is 23.5. The lowest BCUT2D eigenvalue weighted by atomic mass is 10.0. The van der Waals surface area contributed by atoms with E-state index in [1.54, 1.807) is 7.11 Å². The smallest absolute Gasteiger partial charge is 0.233 e. The van der Waals surface area contributed by atoms with Crippen molar-refractivity contribution in [2.75, 3.05) is 19.4 Å². The largest absolute Gasteiger partial charge is 0.497 e. The minimum absolute atomic E-state index is 0.145. The SMILES string of the molecule is COc1ccc(C2CCCN2C(=O)CSc2nc(C)cc(C)n2)cc1. The van der Waals surface area contributed by atoms with Gasteiger partial charge in [0, 0.05) is 17.9 Å². The highest BCUT2D eigenvalue weighted by molar-refractivity contribution is 7.99. The summed E-state index contributed by atoms with van der Waals surface area (Å²) in [6.07, 6.45) is 2.04. The summed E-state index contributed by atoms with van der Waals surface area (Å²) in [5, 5.41) is 0.672. The van der Waals surface area contributed by atoms with Gasteiger partial charge in [-0.1, -0.05) is 23.9 Å². The van der Waals surface area contributed by atoms with Crippen LogP contribution < -0.4 is 4.74 Å². The molecule has 1 aromatic carbocycles. The van der Waals surface area contributed by atoms with E-state index in [2.05, 4.69) is 22.1 Å². The number of carbonyl (C=O) groups is 1. The third-order valence-electron chi connectivity index (χ3n) is 4.36. The van der Waals surface area contributed by atoms with Gasteiger partial charge in [-0.2, -0.15) is 0 Å². The molecule has 1 aromatic heterocycles. The Bertz CT molecular complexity index is 729. The highest BCUT2D eigenvalue weighted by Gasteiger charge is 2.29. The lowest BCUT2D eigenvalue weighted by molar-refractivity contribution is -0.129. The zero-order valence-corrected chi connectivity index (χ0v) is 15.7. The van der Waals surface area contributed by atoms with Gasteiger partial charge < -0.3 is 9.64 Å². The zero-order chi connectivity index (χ0) is 17.8. The van der Waals surface area contributed by atoms with Crippen molar-refractivity contribution in [2.24, 2.45) is 0 Å². The number of benzene rings is 1. The Morgan fingerprint density at radius 1 is 1.24 bits per heavy atom. The Kier molecular flexibility index (Phi) is 5.58. The highest BCUT2D eigenvalue weighted by atomic mass is 32.2. The fourth-order valence-electron chi connectivity index (χ4n) is 3.21. The van der Waals surface area contributed by atoms with Crippen LogP contribution in [0.1, 0.15) is 35.8 Å². The Morgan fingerprint density at radius 2 is 1.92 bits per heavy atom. The van der Waals surface area contributed by atoms with Gasteiger partial charge in [-0.3, -0.25) is 4.79 Å². The van der Waals surface area contributed by atoms with Crippen LogP contribution in [0.4, 0.5) is 0 Å². The number of thioether (sulfide) groups is 1. The molecule has 2 aromatic rings. The fourth-order valence-corrected chi connectivity index (χ4v) is 4.04. The molecular weight excluding hydrogens is 334 g/mol. The molecule has 1 fully saturated rings. The lowest BCUT2D eigenvalue weighted by Gasteiger charge is -2.25. The number of hydrogen-bond acceptors (Lipinski definition) is 5. The summed E-state index contributed by atoms with van der Waals surface area (Å²) in [7, 11) is 1.66. The quantitative estimate of drug-likeness (QED) is 0.605. The Hall–Kier alpha value is -2.08. The van der Waals surface area contributed by atoms with Crippen molar-refractivity contribution in [1.82, 2.24) is 14.9 Å². The number of aromatic nitrogens is 2. The fraction of sp³-hybridized carbons (Fsp3) is 0.421. The van der Waals surface area contributed by atoms with Crippen LogP contribution in [0.5, 0.6) is 5.75 Å². The monoisotopic (exact) mass is 357 g/mol. The van der Waals surface area contributed by atoms with Crippen LogP contribution in [0.3, 0.4) is 0 Å². The number of nitrogens with zero attached hydrogens (tertiary/aromatic N) is 3. The van der Waals surface area contributed by atoms with E-state index in [-0.39, 0.29) is 11.9 Å². The molecule has 3 rings (SSSR count). The first-order valence-corrected chi connectivity index (χ1v) is 9.44. The van der Waals surface area contributed by atoms with Crippen LogP contribution in [-0.2, 0) is 4.79 Å². The Morgan fingerprint density at radius 3 is 2.56 bits per heavy atom. The van der Waals surface area contributed by atoms with Crippen molar-refractivity contribution in [3.8, 4) is 5.75 Å². The standard InChI is InChI=1S/C19H23N3O2S/c1-13-11-14(2)21-19(20-13)25-12-18(23)22-10-4-5-17(22)15-6-8-16(24-3)9-7-15/h6-9,11,17H,4-5,10,12H2,1-3H3. The first kappa shape index (κ1) is 17.7. The zero-order valence-electron chi connectivity index (χ0n) is 14.9. The molecule has 0 spiro atoms. The lowest BCUT2D eigenvalue weighted by Crippen LogP contribution is -2.32. The van der Waals surface area contributed by atoms with E-state index in [9.17, 15) is 4.79 Å². The molecular formula is C19H23N3O2S. The molecule has 0 N–H and O–H groups in total. The van der Waals surface area contributed by atoms with Gasteiger partial charge in [-0.15, -0.1) is 0 Å². The van der Waals surface area contributed by atoms with E-state index in [0.717, 1.165) is 36.5 Å². The van der Waals surface area contributed by atoms with Gasteiger partial charge in [0.15, 0.2) is 5.16 Å². The maximum Gasteiger partial charge on any atom is 0.233 e. The number of likely N-dealkylation sites (tertiary alicyclic amines) is 1. The van der Waals surface area contributed by atoms with Gasteiger partial charge in [-0.05, 0) is 50.5 Å². The van der Waals surface area contributed by atoms with Crippen LogP contribution in [0.25, 0.3) is 0 Å². The van der Waals surface area contributed by atoms with E-state index < -0.39 is 0 Å². The number of methoxy groups -OCH3 is 1. The number of hydrogen-bond donors (Lipinski definition) is 0. The minimum atomic E-state index is 0.145. The molecule has 1 amide bonds. The van der Waals surface area contributed by atoms with Gasteiger partial charge in [0.1, 0.15) is 5.75 Å². The van der Waals surface area contributed by atoms with Crippen LogP contribution in [-0.4, -0.2) is 40.2 Å². The molecule has 0 radical (unpaired) electrons. The minimum Gasteiger partial charge on any atom is -0.497 e. The predicted octanol–water partition coefficient (Wildman–Crippen LogP) is 3.56. The Labute approximate surface area is 152 Å². The van der Waals surface area contributed by atoms with Crippen LogP contribution in [0.2, 0.25) is 0 Å². The van der Waals surface area contributed by atoms with E-state index in [1.807, 2.05) is 36.9 Å². The topological polar surface area (TPSA) is 55.3 Å². The van der Waals surface area contributed by atoms with E-state index in [1.165, 1.54) is 17.3 Å². The maximum atomic E-state index is 12.7. The third-order valence-corrected chi connectivity index (χ3v) is 5.19. The number of rotatable bonds is 5. The summed E-state index contributed by atoms with van der Waals surface area (Å²) in [6, 6.07) is 10.1.